The van der Waals surface area contributed by atoms with E-state index in [1.54, 1.807) is 67.0 Å². The third-order valence-corrected chi connectivity index (χ3v) is 5.88. The van der Waals surface area contributed by atoms with Gasteiger partial charge in [0.25, 0.3) is 5.82 Å². The van der Waals surface area contributed by atoms with E-state index in [0.717, 1.165) is 11.8 Å². The monoisotopic (exact) mass is 579 g/mol. The molecule has 2 aromatic carbocycles. The summed E-state index contributed by atoms with van der Waals surface area (Å²) in [6, 6.07) is 17.1. The van der Waals surface area contributed by atoms with Crippen LogP contribution in [-0.4, -0.2) is 57.4 Å². The number of tetrazole rings is 1. The fourth-order valence-corrected chi connectivity index (χ4v) is 3.73. The summed E-state index contributed by atoms with van der Waals surface area (Å²) in [5.74, 6) is 2.77. The zero-order valence-electron chi connectivity index (χ0n) is 23.1. The minimum absolute atomic E-state index is 0.179. The Bertz CT molecular complexity index is 1720. The molecule has 0 fully saturated rings. The highest BCUT2D eigenvalue weighted by Crippen LogP contribution is 2.26. The molecule has 216 valence electrons. The molecule has 0 saturated carbocycles. The van der Waals surface area contributed by atoms with Gasteiger partial charge < -0.3 is 23.8 Å². The zero-order chi connectivity index (χ0) is 30.4. The number of nitrogens with one attached hydrogen (secondary N) is 1. The lowest BCUT2D eigenvalue weighted by Crippen LogP contribution is -2.02. The van der Waals surface area contributed by atoms with Crippen LogP contribution in [0.25, 0.3) is 16.4 Å². The lowest BCUT2D eigenvalue weighted by atomic mass is 10.2. The number of hydrogen-bond donors (Lipinski definition) is 1. The van der Waals surface area contributed by atoms with Crippen LogP contribution in [0.3, 0.4) is 0 Å². The molecule has 3 aromatic heterocycles. The molecule has 0 bridgehead atoms. The summed E-state index contributed by atoms with van der Waals surface area (Å²) >= 11 is 0. The third-order valence-electron chi connectivity index (χ3n) is 5.88. The largest absolute Gasteiger partial charge is 0.497 e. The molecule has 0 aliphatic heterocycles. The summed E-state index contributed by atoms with van der Waals surface area (Å²) in [6.45, 7) is 7.43. The van der Waals surface area contributed by atoms with Gasteiger partial charge in [0.2, 0.25) is 5.82 Å². The maximum atomic E-state index is 11.2. The molecule has 0 aliphatic rings. The predicted octanol–water partition coefficient (Wildman–Crippen LogP) is 4.69. The van der Waals surface area contributed by atoms with Crippen LogP contribution in [0.2, 0.25) is 0 Å². The molecule has 0 radical (unpaired) electrons. The summed E-state index contributed by atoms with van der Waals surface area (Å²) in [7, 11) is 3.07. The minimum atomic E-state index is 0.179. The van der Waals surface area contributed by atoms with Gasteiger partial charge in [-0.15, -0.1) is 15.2 Å². The van der Waals surface area contributed by atoms with Crippen molar-refractivity contribution in [2.45, 2.75) is 13.2 Å². The van der Waals surface area contributed by atoms with Crippen LogP contribution in [0.5, 0.6) is 23.0 Å². The van der Waals surface area contributed by atoms with E-state index in [9.17, 15) is 9.59 Å². The summed E-state index contributed by atoms with van der Waals surface area (Å²) < 4.78 is 21.5. The predicted molar refractivity (Wildman–Crippen MR) is 153 cm³/mol. The number of H-pyrrole nitrogens is 1. The van der Waals surface area contributed by atoms with Crippen molar-refractivity contribution in [3.05, 3.63) is 107 Å². The molecule has 1 N–H and O–H groups in total. The van der Waals surface area contributed by atoms with Crippen LogP contribution in [0, 0.1) is 6.57 Å². The molecule has 0 atom stereocenters. The molecule has 0 aliphatic carbocycles. The number of aromatic amines is 1. The van der Waals surface area contributed by atoms with Crippen molar-refractivity contribution in [1.82, 2.24) is 30.6 Å². The minimum Gasteiger partial charge on any atom is -0.497 e. The topological polar surface area (TPSA) is 156 Å². The molecule has 5 aromatic rings. The van der Waals surface area contributed by atoms with Gasteiger partial charge in [-0.2, -0.15) is 5.21 Å². The first-order valence-corrected chi connectivity index (χ1v) is 12.6. The van der Waals surface area contributed by atoms with Gasteiger partial charge >= 0.3 is 0 Å². The van der Waals surface area contributed by atoms with Crippen LogP contribution in [-0.2, 0) is 13.2 Å². The van der Waals surface area contributed by atoms with Gasteiger partial charge in [-0.1, -0.05) is 18.7 Å². The highest BCUT2D eigenvalue weighted by atomic mass is 16.5. The van der Waals surface area contributed by atoms with Crippen molar-refractivity contribution in [3.8, 4) is 34.5 Å². The standard InChI is InChI=1S/C15H13N5O3.C15H12N2O3/c1-22-12-4-5-13(11(7-12)8-21)23-9-10-3-2-6-16-14(10)15-17-19-20-18-15;1-16-15-11(4-3-7-17-15)10-20-14-6-5-13(19-2)8-12(14)9-18/h2-8H,9H2,1H3,(H,17,18,19,20);3-9H,10H2,2H3. The van der Waals surface area contributed by atoms with Crippen molar-refractivity contribution >= 4 is 18.4 Å². The van der Waals surface area contributed by atoms with Gasteiger partial charge in [0.05, 0.1) is 25.3 Å². The van der Waals surface area contributed by atoms with Crippen LogP contribution in [0.15, 0.2) is 73.1 Å². The normalized spacial score (nSPS) is 9.98. The fourth-order valence-electron chi connectivity index (χ4n) is 3.73. The second-order valence-electron chi connectivity index (χ2n) is 8.47. The third kappa shape index (κ3) is 7.74. The van der Waals surface area contributed by atoms with Crippen molar-refractivity contribution in [3.63, 3.8) is 0 Å². The van der Waals surface area contributed by atoms with Crippen LogP contribution >= 0.6 is 0 Å². The molecule has 5 rings (SSSR count). The van der Waals surface area contributed by atoms with E-state index in [1.807, 2.05) is 6.07 Å². The quantitative estimate of drug-likeness (QED) is 0.171. The first-order chi connectivity index (χ1) is 21.1. The Balaban J connectivity index is 0.000000199. The molecular formula is C30H25N7O6. The number of rotatable bonds is 11. The van der Waals surface area contributed by atoms with Crippen molar-refractivity contribution in [2.24, 2.45) is 0 Å². The molecule has 13 nitrogen and oxygen atoms in total. The average molecular weight is 580 g/mol. The van der Waals surface area contributed by atoms with E-state index in [-0.39, 0.29) is 13.2 Å². The van der Waals surface area contributed by atoms with E-state index in [2.05, 4.69) is 35.4 Å². The van der Waals surface area contributed by atoms with E-state index in [1.165, 1.54) is 14.2 Å². The van der Waals surface area contributed by atoms with Gasteiger partial charge in [-0.05, 0) is 53.7 Å². The summed E-state index contributed by atoms with van der Waals surface area (Å²) in [5.41, 5.74) is 2.84. The molecule has 0 saturated heterocycles. The smallest absolute Gasteiger partial charge is 0.276 e. The molecule has 43 heavy (non-hydrogen) atoms. The number of aromatic nitrogens is 6. The van der Waals surface area contributed by atoms with E-state index in [0.29, 0.717) is 63.3 Å². The number of pyridine rings is 2. The molecule has 3 heterocycles. The lowest BCUT2D eigenvalue weighted by Gasteiger charge is -2.11. The van der Waals surface area contributed by atoms with Gasteiger partial charge in [-0.3, -0.25) is 14.6 Å². The van der Waals surface area contributed by atoms with Gasteiger partial charge in [-0.25, -0.2) is 0 Å². The molecule has 0 amide bonds. The Labute approximate surface area is 246 Å². The first-order valence-electron chi connectivity index (χ1n) is 12.6. The van der Waals surface area contributed by atoms with E-state index >= 15 is 0 Å². The van der Waals surface area contributed by atoms with Crippen LogP contribution in [0.4, 0.5) is 5.82 Å². The van der Waals surface area contributed by atoms with Crippen molar-refractivity contribution in [2.75, 3.05) is 14.2 Å². The molecular weight excluding hydrogens is 554 g/mol. The maximum absolute atomic E-state index is 11.2. The second-order valence-corrected chi connectivity index (χ2v) is 8.47. The Morgan fingerprint density at radius 3 is 1.93 bits per heavy atom. The van der Waals surface area contributed by atoms with Crippen LogP contribution < -0.4 is 18.9 Å². The summed E-state index contributed by atoms with van der Waals surface area (Å²) in [6.07, 6.45) is 4.62. The Morgan fingerprint density at radius 1 is 0.814 bits per heavy atom. The number of methoxy groups -OCH3 is 2. The number of carbonyl (C=O) groups is 2. The van der Waals surface area contributed by atoms with E-state index < -0.39 is 0 Å². The maximum Gasteiger partial charge on any atom is 0.276 e. The zero-order valence-corrected chi connectivity index (χ0v) is 23.1. The van der Waals surface area contributed by atoms with Crippen molar-refractivity contribution < 1.29 is 28.5 Å². The van der Waals surface area contributed by atoms with Gasteiger partial charge in [0.15, 0.2) is 12.6 Å². The Morgan fingerprint density at radius 2 is 1.40 bits per heavy atom. The second kappa shape index (κ2) is 15.0. The lowest BCUT2D eigenvalue weighted by molar-refractivity contribution is 0.111. The van der Waals surface area contributed by atoms with Crippen LogP contribution in [0.1, 0.15) is 31.8 Å². The number of aldehydes is 2. The van der Waals surface area contributed by atoms with Gasteiger partial charge in [0.1, 0.15) is 48.1 Å². The first kappa shape index (κ1) is 29.8. The summed E-state index contributed by atoms with van der Waals surface area (Å²) in [4.78, 5) is 33.7. The number of hydrogen-bond acceptors (Lipinski definition) is 11. The highest BCUT2D eigenvalue weighted by Gasteiger charge is 2.13. The van der Waals surface area contributed by atoms with Crippen molar-refractivity contribution in [1.29, 1.82) is 0 Å². The summed E-state index contributed by atoms with van der Waals surface area (Å²) in [5, 5.41) is 13.8. The number of nitrogens with zero attached hydrogens (tertiary/aromatic N) is 6. The Hall–Kier alpha value is -6.16. The fraction of sp³-hybridized carbons (Fsp3) is 0.133. The molecule has 0 spiro atoms. The average Bonchev–Trinajstić information content (AvgIpc) is 3.62. The van der Waals surface area contributed by atoms with E-state index in [4.69, 9.17) is 25.5 Å². The highest BCUT2D eigenvalue weighted by molar-refractivity contribution is 5.80. The number of benzene rings is 2. The number of carbonyl (C=O) groups excluding carboxylic acids is 2. The molecule has 13 heteroatoms. The Kier molecular flexibility index (Phi) is 10.4. The SMILES string of the molecule is COc1ccc(OCc2cccnc2-c2nn[nH]n2)c(C=O)c1.[C-]#[N+]c1ncccc1COc1ccc(OC)cc1C=O. The molecule has 0 unspecified atom stereocenters. The number of ether oxygens (including phenoxy) is 4. The van der Waals surface area contributed by atoms with Gasteiger partial charge in [0, 0.05) is 17.3 Å².